The lowest BCUT2D eigenvalue weighted by molar-refractivity contribution is 0.101. The molecular formula is C13H21N3OS. The van der Waals surface area contributed by atoms with Crippen molar-refractivity contribution >= 4 is 22.3 Å². The van der Waals surface area contributed by atoms with Crippen molar-refractivity contribution in [2.45, 2.75) is 33.2 Å². The number of rotatable bonds is 4. The van der Waals surface area contributed by atoms with E-state index in [-0.39, 0.29) is 5.78 Å². The zero-order valence-corrected chi connectivity index (χ0v) is 12.2. The van der Waals surface area contributed by atoms with Crippen molar-refractivity contribution < 1.29 is 4.79 Å². The molecule has 1 aromatic heterocycles. The van der Waals surface area contributed by atoms with Crippen molar-refractivity contribution in [2.24, 2.45) is 0 Å². The fraction of sp³-hybridized carbons (Fsp3) is 0.692. The van der Waals surface area contributed by atoms with Crippen LogP contribution < -0.4 is 4.90 Å². The lowest BCUT2D eigenvalue weighted by atomic mass is 10.2. The van der Waals surface area contributed by atoms with Crippen molar-refractivity contribution in [2.75, 3.05) is 31.1 Å². The van der Waals surface area contributed by atoms with Crippen LogP contribution in [0.25, 0.3) is 0 Å². The summed E-state index contributed by atoms with van der Waals surface area (Å²) in [5.41, 5.74) is 0.597. The van der Waals surface area contributed by atoms with Crippen LogP contribution >= 0.6 is 11.3 Å². The third-order valence-electron chi connectivity index (χ3n) is 3.65. The third kappa shape index (κ3) is 2.90. The maximum atomic E-state index is 11.2. The summed E-state index contributed by atoms with van der Waals surface area (Å²) in [6, 6.07) is 0.663. The molecule has 100 valence electrons. The van der Waals surface area contributed by atoms with Crippen molar-refractivity contribution in [3.63, 3.8) is 0 Å². The molecule has 2 heterocycles. The zero-order valence-electron chi connectivity index (χ0n) is 11.3. The van der Waals surface area contributed by atoms with Gasteiger partial charge < -0.3 is 4.90 Å². The molecule has 0 aromatic carbocycles. The highest BCUT2D eigenvalue weighted by Gasteiger charge is 2.22. The first-order valence-corrected chi connectivity index (χ1v) is 7.45. The number of hydrogen-bond acceptors (Lipinski definition) is 5. The van der Waals surface area contributed by atoms with E-state index in [0.29, 0.717) is 11.7 Å². The summed E-state index contributed by atoms with van der Waals surface area (Å²) in [5.74, 6) is 0.0516. The molecule has 1 unspecified atom stereocenters. The van der Waals surface area contributed by atoms with E-state index in [0.717, 1.165) is 31.3 Å². The van der Waals surface area contributed by atoms with Gasteiger partial charge in [0, 0.05) is 44.5 Å². The summed E-state index contributed by atoms with van der Waals surface area (Å²) >= 11 is 1.58. The first-order valence-electron chi connectivity index (χ1n) is 6.57. The molecule has 2 rings (SSSR count). The van der Waals surface area contributed by atoms with E-state index in [1.54, 1.807) is 18.3 Å². The van der Waals surface area contributed by atoms with Gasteiger partial charge in [-0.15, -0.1) is 11.3 Å². The topological polar surface area (TPSA) is 36.4 Å². The Morgan fingerprint density at radius 2 is 2.11 bits per heavy atom. The number of piperazine rings is 1. The predicted octanol–water partition coefficient (Wildman–Crippen LogP) is 2.27. The predicted molar refractivity (Wildman–Crippen MR) is 75.7 cm³/mol. The number of thiazole rings is 1. The van der Waals surface area contributed by atoms with E-state index in [9.17, 15) is 4.79 Å². The highest BCUT2D eigenvalue weighted by molar-refractivity contribution is 7.13. The second kappa shape index (κ2) is 5.80. The Labute approximate surface area is 113 Å². The van der Waals surface area contributed by atoms with Crippen LogP contribution in [0.2, 0.25) is 0 Å². The molecule has 1 atom stereocenters. The van der Waals surface area contributed by atoms with E-state index in [1.807, 2.05) is 5.38 Å². The molecule has 0 aliphatic carbocycles. The van der Waals surface area contributed by atoms with Crippen molar-refractivity contribution in [3.8, 4) is 0 Å². The lowest BCUT2D eigenvalue weighted by Gasteiger charge is -2.37. The highest BCUT2D eigenvalue weighted by atomic mass is 32.1. The van der Waals surface area contributed by atoms with Crippen LogP contribution in [0.4, 0.5) is 5.13 Å². The molecule has 1 aromatic rings. The van der Waals surface area contributed by atoms with E-state index in [1.165, 1.54) is 6.42 Å². The van der Waals surface area contributed by atoms with E-state index in [2.05, 4.69) is 28.6 Å². The summed E-state index contributed by atoms with van der Waals surface area (Å²) in [6.07, 6.45) is 1.20. The van der Waals surface area contributed by atoms with Gasteiger partial charge in [-0.3, -0.25) is 9.69 Å². The van der Waals surface area contributed by atoms with Crippen LogP contribution in [0, 0.1) is 0 Å². The fourth-order valence-electron chi connectivity index (χ4n) is 2.18. The summed E-state index contributed by atoms with van der Waals surface area (Å²) in [5, 5.41) is 2.85. The largest absolute Gasteiger partial charge is 0.346 e. The summed E-state index contributed by atoms with van der Waals surface area (Å²) in [7, 11) is 0. The first-order chi connectivity index (χ1) is 8.61. The second-order valence-corrected chi connectivity index (χ2v) is 5.69. The van der Waals surface area contributed by atoms with Gasteiger partial charge in [0.05, 0.1) is 0 Å². The molecule has 0 bridgehead atoms. The Hall–Kier alpha value is -0.940. The number of anilines is 1. The molecule has 0 amide bonds. The Balaban J connectivity index is 1.94. The molecule has 5 heteroatoms. The molecule has 1 fully saturated rings. The lowest BCUT2D eigenvalue weighted by Crippen LogP contribution is -2.49. The van der Waals surface area contributed by atoms with Crippen LogP contribution in [-0.4, -0.2) is 47.9 Å². The van der Waals surface area contributed by atoms with Crippen molar-refractivity contribution in [1.82, 2.24) is 9.88 Å². The van der Waals surface area contributed by atoms with E-state index >= 15 is 0 Å². The molecule has 1 aliphatic heterocycles. The SMILES string of the molecule is CCC(C)N1CCN(c2nc(C(C)=O)cs2)CC1. The van der Waals surface area contributed by atoms with Gasteiger partial charge in [0.15, 0.2) is 10.9 Å². The maximum Gasteiger partial charge on any atom is 0.186 e. The number of carbonyl (C=O) groups excluding carboxylic acids is 1. The Kier molecular flexibility index (Phi) is 4.35. The number of nitrogens with zero attached hydrogens (tertiary/aromatic N) is 3. The van der Waals surface area contributed by atoms with Crippen molar-refractivity contribution in [3.05, 3.63) is 11.1 Å². The van der Waals surface area contributed by atoms with Gasteiger partial charge in [-0.1, -0.05) is 6.92 Å². The Morgan fingerprint density at radius 1 is 1.44 bits per heavy atom. The summed E-state index contributed by atoms with van der Waals surface area (Å²) in [4.78, 5) is 20.5. The normalized spacial score (nSPS) is 18.9. The van der Waals surface area contributed by atoms with Gasteiger partial charge in [-0.25, -0.2) is 4.98 Å². The number of carbonyl (C=O) groups is 1. The van der Waals surface area contributed by atoms with Gasteiger partial charge in [-0.2, -0.15) is 0 Å². The molecule has 0 radical (unpaired) electrons. The van der Waals surface area contributed by atoms with Crippen molar-refractivity contribution in [1.29, 1.82) is 0 Å². The average Bonchev–Trinajstić information content (AvgIpc) is 2.88. The Bertz CT molecular complexity index is 410. The first kappa shape index (κ1) is 13.5. The van der Waals surface area contributed by atoms with Gasteiger partial charge in [0.1, 0.15) is 5.69 Å². The quantitative estimate of drug-likeness (QED) is 0.784. The van der Waals surface area contributed by atoms with Gasteiger partial charge in [-0.05, 0) is 13.3 Å². The monoisotopic (exact) mass is 267 g/mol. The van der Waals surface area contributed by atoms with Gasteiger partial charge >= 0.3 is 0 Å². The molecule has 18 heavy (non-hydrogen) atoms. The molecule has 1 saturated heterocycles. The van der Waals surface area contributed by atoms with Crippen LogP contribution in [0.15, 0.2) is 5.38 Å². The van der Waals surface area contributed by atoms with Crippen LogP contribution in [0.3, 0.4) is 0 Å². The molecular weight excluding hydrogens is 246 g/mol. The molecule has 0 N–H and O–H groups in total. The van der Waals surface area contributed by atoms with Crippen LogP contribution in [0.1, 0.15) is 37.7 Å². The van der Waals surface area contributed by atoms with Gasteiger partial charge in [0.25, 0.3) is 0 Å². The van der Waals surface area contributed by atoms with Crippen LogP contribution in [-0.2, 0) is 0 Å². The van der Waals surface area contributed by atoms with Gasteiger partial charge in [0.2, 0.25) is 0 Å². The smallest absolute Gasteiger partial charge is 0.186 e. The maximum absolute atomic E-state index is 11.2. The number of hydrogen-bond donors (Lipinski definition) is 0. The summed E-state index contributed by atoms with van der Waals surface area (Å²) in [6.45, 7) is 10.3. The summed E-state index contributed by atoms with van der Waals surface area (Å²) < 4.78 is 0. The standard InChI is InChI=1S/C13H21N3OS/c1-4-10(2)15-5-7-16(8-6-15)13-14-12(9-18-13)11(3)17/h9-10H,4-8H2,1-3H3. The third-order valence-corrected chi connectivity index (χ3v) is 4.55. The number of ketones is 1. The minimum absolute atomic E-state index is 0.0516. The highest BCUT2D eigenvalue weighted by Crippen LogP contribution is 2.22. The fourth-order valence-corrected chi connectivity index (χ4v) is 3.10. The van der Waals surface area contributed by atoms with E-state index < -0.39 is 0 Å². The second-order valence-electron chi connectivity index (χ2n) is 4.85. The molecule has 0 saturated carbocycles. The Morgan fingerprint density at radius 3 is 2.61 bits per heavy atom. The minimum Gasteiger partial charge on any atom is -0.346 e. The zero-order chi connectivity index (χ0) is 13.1. The molecule has 1 aliphatic rings. The number of Topliss-reactive ketones (excluding diaryl/α,β-unsaturated/α-hetero) is 1. The minimum atomic E-state index is 0.0516. The average molecular weight is 267 g/mol. The molecule has 4 nitrogen and oxygen atoms in total. The molecule has 0 spiro atoms. The van der Waals surface area contributed by atoms with E-state index in [4.69, 9.17) is 0 Å². The van der Waals surface area contributed by atoms with Crippen LogP contribution in [0.5, 0.6) is 0 Å². The number of aromatic nitrogens is 1.